The summed E-state index contributed by atoms with van der Waals surface area (Å²) in [7, 11) is 0. The molecule has 1 aromatic heterocycles. The Morgan fingerprint density at radius 3 is 2.38 bits per heavy atom. The number of esters is 1. The number of aldehydes is 1. The van der Waals surface area contributed by atoms with Crippen molar-refractivity contribution in [2.24, 2.45) is 11.8 Å². The Morgan fingerprint density at radius 2 is 1.62 bits per heavy atom. The van der Waals surface area contributed by atoms with E-state index in [1.54, 1.807) is 30.3 Å². The lowest BCUT2D eigenvalue weighted by Gasteiger charge is -2.29. The van der Waals surface area contributed by atoms with Crippen LogP contribution in [0.2, 0.25) is 0 Å². The second-order valence-corrected chi connectivity index (χ2v) is 11.7. The molecule has 2 aliphatic heterocycles. The minimum Gasteiger partial charge on any atom is -0.454 e. The zero-order valence-electron chi connectivity index (χ0n) is 22.5. The largest absolute Gasteiger partial charge is 0.454 e. The van der Waals surface area contributed by atoms with E-state index in [1.807, 2.05) is 6.07 Å². The van der Waals surface area contributed by atoms with Crippen LogP contribution in [0, 0.1) is 11.8 Å². The summed E-state index contributed by atoms with van der Waals surface area (Å²) < 4.78 is 25.2. The fourth-order valence-electron chi connectivity index (χ4n) is 6.30. The average Bonchev–Trinajstić information content (AvgIpc) is 3.72. The number of hydrogen-bond donors (Lipinski definition) is 1. The Labute approximate surface area is 237 Å². The van der Waals surface area contributed by atoms with Gasteiger partial charge >= 0.3 is 5.97 Å². The fraction of sp³-hybridized carbons (Fsp3) is 0.484. The maximum atomic E-state index is 13.2. The van der Waals surface area contributed by atoms with Gasteiger partial charge in [0, 0.05) is 17.1 Å². The maximum absolute atomic E-state index is 13.2. The van der Waals surface area contributed by atoms with Gasteiger partial charge < -0.3 is 24.1 Å². The highest BCUT2D eigenvalue weighted by Crippen LogP contribution is 2.48. The van der Waals surface area contributed by atoms with Gasteiger partial charge in [-0.05, 0) is 61.1 Å². The van der Waals surface area contributed by atoms with Crippen LogP contribution in [0.3, 0.4) is 0 Å². The average molecular weight is 563 g/mol. The zero-order valence-corrected chi connectivity index (χ0v) is 23.3. The summed E-state index contributed by atoms with van der Waals surface area (Å²) in [6.07, 6.45) is 13.6. The highest BCUT2D eigenvalue weighted by atomic mass is 32.1. The molecule has 7 rings (SSSR count). The van der Waals surface area contributed by atoms with E-state index in [0.29, 0.717) is 57.5 Å². The second kappa shape index (κ2) is 11.7. The number of fused-ring (bicyclic) bond motifs is 2. The van der Waals surface area contributed by atoms with Crippen molar-refractivity contribution in [2.45, 2.75) is 76.4 Å². The van der Waals surface area contributed by atoms with Gasteiger partial charge in [0.25, 0.3) is 5.79 Å². The summed E-state index contributed by atoms with van der Waals surface area (Å²) in [6, 6.07) is 10.7. The van der Waals surface area contributed by atoms with Crippen molar-refractivity contribution < 1.29 is 28.9 Å². The highest BCUT2D eigenvalue weighted by molar-refractivity contribution is 7.00. The Kier molecular flexibility index (Phi) is 7.85. The summed E-state index contributed by atoms with van der Waals surface area (Å²) in [4.78, 5) is 23.4. The molecule has 0 saturated heterocycles. The summed E-state index contributed by atoms with van der Waals surface area (Å²) in [6.45, 7) is 0.156. The molecule has 3 heterocycles. The molecule has 40 heavy (non-hydrogen) atoms. The number of carbonyl (C=O) groups excluding carboxylic acids is 2. The van der Waals surface area contributed by atoms with Crippen molar-refractivity contribution in [1.82, 2.24) is 8.75 Å². The molecular weight excluding hydrogens is 528 g/mol. The first kappa shape index (κ1) is 26.9. The molecule has 4 aliphatic rings. The Bertz CT molecular complexity index is 1420. The van der Waals surface area contributed by atoms with Gasteiger partial charge in [-0.3, -0.25) is 0 Å². The van der Waals surface area contributed by atoms with Crippen molar-refractivity contribution in [3.8, 4) is 11.5 Å². The molecule has 0 amide bonds. The molecule has 2 aromatic carbocycles. The molecule has 2 fully saturated rings. The Balaban J connectivity index is 0.000000313. The second-order valence-electron chi connectivity index (χ2n) is 11.2. The molecule has 1 unspecified atom stereocenters. The monoisotopic (exact) mass is 562 g/mol. The first-order valence-electron chi connectivity index (χ1n) is 14.3. The van der Waals surface area contributed by atoms with Gasteiger partial charge in [-0.1, -0.05) is 57.4 Å². The van der Waals surface area contributed by atoms with Gasteiger partial charge in [0.2, 0.25) is 6.79 Å². The minimum atomic E-state index is -1.84. The maximum Gasteiger partial charge on any atom is 0.341 e. The summed E-state index contributed by atoms with van der Waals surface area (Å²) in [5.41, 5.74) is 3.60. The van der Waals surface area contributed by atoms with Gasteiger partial charge in [0.05, 0.1) is 17.3 Å². The normalized spacial score (nSPS) is 23.2. The molecule has 210 valence electrons. The number of carbonyl (C=O) groups is 2. The first-order valence-corrected chi connectivity index (χ1v) is 15.1. The molecule has 8 nitrogen and oxygen atoms in total. The fourth-order valence-corrected chi connectivity index (χ4v) is 6.82. The number of hydrogen-bond acceptors (Lipinski definition) is 9. The van der Waals surface area contributed by atoms with Crippen molar-refractivity contribution in [3.05, 3.63) is 53.1 Å². The van der Waals surface area contributed by atoms with Gasteiger partial charge in [-0.25, -0.2) is 4.79 Å². The topological polar surface area (TPSA) is 108 Å². The molecule has 0 radical (unpaired) electrons. The predicted molar refractivity (Wildman–Crippen MR) is 151 cm³/mol. The van der Waals surface area contributed by atoms with Crippen LogP contribution < -0.4 is 9.47 Å². The van der Waals surface area contributed by atoms with Crippen LogP contribution in [0.4, 0.5) is 0 Å². The molecule has 1 N–H and O–H groups in total. The molecule has 2 saturated carbocycles. The van der Waals surface area contributed by atoms with E-state index in [-0.39, 0.29) is 6.79 Å². The predicted octanol–water partition coefficient (Wildman–Crippen LogP) is 6.31. The van der Waals surface area contributed by atoms with Gasteiger partial charge in [0.1, 0.15) is 17.3 Å². The Hall–Kier alpha value is -3.30. The number of ether oxygens (including phenoxy) is 3. The van der Waals surface area contributed by atoms with Crippen LogP contribution in [0.25, 0.3) is 16.6 Å². The number of aromatic nitrogens is 2. The quantitative estimate of drug-likeness (QED) is 0.285. The van der Waals surface area contributed by atoms with Crippen molar-refractivity contribution in [1.29, 1.82) is 0 Å². The zero-order chi connectivity index (χ0) is 27.5. The van der Waals surface area contributed by atoms with Gasteiger partial charge in [0.15, 0.2) is 11.5 Å². The molecule has 0 bridgehead atoms. The van der Waals surface area contributed by atoms with Crippen LogP contribution in [0.15, 0.2) is 42.0 Å². The molecule has 2 aliphatic carbocycles. The minimum absolute atomic E-state index is 0.156. The number of benzene rings is 2. The summed E-state index contributed by atoms with van der Waals surface area (Å²) >= 11 is 1.11. The van der Waals surface area contributed by atoms with Crippen LogP contribution in [0.1, 0.15) is 81.8 Å². The SMILES string of the molecule is O=C1OC(O)(c2ccc3nsnc3c2)C(CC2CCCCC2)=C1c1ccc2c(c1)OCO2.O=CC1CCCCC1. The molecule has 0 spiro atoms. The van der Waals surface area contributed by atoms with E-state index >= 15 is 0 Å². The van der Waals surface area contributed by atoms with Crippen molar-refractivity contribution >= 4 is 40.6 Å². The molecule has 3 aromatic rings. The third-order valence-electron chi connectivity index (χ3n) is 8.52. The summed E-state index contributed by atoms with van der Waals surface area (Å²) in [5.74, 6) is -0.333. The van der Waals surface area contributed by atoms with Crippen LogP contribution in [-0.2, 0) is 20.1 Å². The van der Waals surface area contributed by atoms with E-state index in [2.05, 4.69) is 8.75 Å². The number of nitrogens with zero attached hydrogens (tertiary/aromatic N) is 2. The van der Waals surface area contributed by atoms with E-state index < -0.39 is 11.8 Å². The third-order valence-corrected chi connectivity index (χ3v) is 9.08. The van der Waals surface area contributed by atoms with Crippen LogP contribution in [-0.4, -0.2) is 32.9 Å². The van der Waals surface area contributed by atoms with E-state index in [4.69, 9.17) is 14.2 Å². The third kappa shape index (κ3) is 5.37. The van der Waals surface area contributed by atoms with Gasteiger partial charge in [-0.15, -0.1) is 0 Å². The van der Waals surface area contributed by atoms with E-state index in [1.165, 1.54) is 38.5 Å². The van der Waals surface area contributed by atoms with E-state index in [0.717, 1.165) is 49.2 Å². The molecular formula is C31H34N2O6S. The van der Waals surface area contributed by atoms with Crippen molar-refractivity contribution in [2.75, 3.05) is 6.79 Å². The smallest absolute Gasteiger partial charge is 0.341 e. The van der Waals surface area contributed by atoms with Crippen molar-refractivity contribution in [3.63, 3.8) is 0 Å². The Morgan fingerprint density at radius 1 is 0.900 bits per heavy atom. The van der Waals surface area contributed by atoms with Gasteiger partial charge in [-0.2, -0.15) is 8.75 Å². The standard InChI is InChI=1S/C24H22N2O5S.C7H12O/c27-23-22(15-6-9-20-21(11-15)30-13-29-20)17(10-14-4-2-1-3-5-14)24(28,31-23)16-7-8-18-19(12-16)26-32-25-18;8-6-7-4-2-1-3-5-7/h6-9,11-12,14,28H,1-5,10,13H2;6-7H,1-5H2. The molecule has 1 atom stereocenters. The van der Waals surface area contributed by atoms with E-state index in [9.17, 15) is 14.7 Å². The van der Waals surface area contributed by atoms with Crippen LogP contribution >= 0.6 is 11.7 Å². The number of cyclic esters (lactones) is 1. The number of rotatable bonds is 5. The number of aliphatic hydroxyl groups is 1. The summed E-state index contributed by atoms with van der Waals surface area (Å²) in [5, 5.41) is 11.8. The van der Waals surface area contributed by atoms with Crippen LogP contribution in [0.5, 0.6) is 11.5 Å². The lowest BCUT2D eigenvalue weighted by Crippen LogP contribution is -2.30. The molecule has 9 heteroatoms. The first-order chi connectivity index (χ1) is 19.5. The lowest BCUT2D eigenvalue weighted by atomic mass is 9.80. The highest BCUT2D eigenvalue weighted by Gasteiger charge is 2.49. The lowest BCUT2D eigenvalue weighted by molar-refractivity contribution is -0.185.